The smallest absolute Gasteiger partial charge is 0.306 e. The van der Waals surface area contributed by atoms with Crippen molar-refractivity contribution < 1.29 is 19.1 Å². The maximum atomic E-state index is 11.4. The molecule has 1 aliphatic heterocycles. The van der Waals surface area contributed by atoms with E-state index in [1.54, 1.807) is 6.26 Å². The predicted octanol–water partition coefficient (Wildman–Crippen LogP) is 7.05. The molecule has 0 aromatic carbocycles. The van der Waals surface area contributed by atoms with Crippen LogP contribution in [0.2, 0.25) is 0 Å². The number of aliphatic hydroxyl groups excluding tert-OH is 1. The number of hydrogen-bond acceptors (Lipinski definition) is 4. The molecule has 1 N–H and O–H groups in total. The summed E-state index contributed by atoms with van der Waals surface area (Å²) in [5.74, 6) is 1.99. The zero-order chi connectivity index (χ0) is 22.4. The summed E-state index contributed by atoms with van der Waals surface area (Å²) in [6.07, 6.45) is 7.41. The highest BCUT2D eigenvalue weighted by Gasteiger charge is 2.20. The Morgan fingerprint density at radius 3 is 2.14 bits per heavy atom. The molecule has 0 amide bonds. The fraction of sp³-hybridized carbons (Fsp3) is 0.792. The van der Waals surface area contributed by atoms with Crippen molar-refractivity contribution in [2.45, 2.75) is 107 Å². The summed E-state index contributed by atoms with van der Waals surface area (Å²) in [5.41, 5.74) is 0. The van der Waals surface area contributed by atoms with Crippen LogP contribution in [0.4, 0.5) is 0 Å². The van der Waals surface area contributed by atoms with Crippen LogP contribution < -0.4 is 0 Å². The number of ether oxygens (including phenoxy) is 1. The lowest BCUT2D eigenvalue weighted by atomic mass is 9.92. The zero-order valence-corrected chi connectivity index (χ0v) is 20.1. The molecule has 1 aliphatic rings. The van der Waals surface area contributed by atoms with Gasteiger partial charge in [0, 0.05) is 19.4 Å². The molecule has 0 saturated carbocycles. The van der Waals surface area contributed by atoms with Crippen molar-refractivity contribution in [3.05, 3.63) is 24.2 Å². The van der Waals surface area contributed by atoms with Gasteiger partial charge in [0.15, 0.2) is 0 Å². The summed E-state index contributed by atoms with van der Waals surface area (Å²) >= 11 is 0. The van der Waals surface area contributed by atoms with Crippen LogP contribution >= 0.6 is 0 Å². The van der Waals surface area contributed by atoms with Gasteiger partial charge in [-0.15, -0.1) is 0 Å². The summed E-state index contributed by atoms with van der Waals surface area (Å²) in [7, 11) is 0. The number of aliphatic hydroxyl groups is 1. The number of carbonyl (C=O) groups is 1. The van der Waals surface area contributed by atoms with Gasteiger partial charge in [-0.3, -0.25) is 4.79 Å². The SMILES string of the molecule is CC.CC.CC.CC(C)CO.CC1CC(Cc2ccco2)CCCCC(=O)O1. The monoisotopic (exact) mass is 400 g/mol. The summed E-state index contributed by atoms with van der Waals surface area (Å²) < 4.78 is 10.7. The lowest BCUT2D eigenvalue weighted by Gasteiger charge is -2.18. The first kappa shape index (κ1) is 31.4. The summed E-state index contributed by atoms with van der Waals surface area (Å²) in [6, 6.07) is 3.94. The standard InChI is InChI=1S/C14H20O3.C4H10O.3C2H6/c1-11-9-12(10-13-6-4-8-16-13)5-2-3-7-14(15)17-11;1-4(2)3-5;3*1-2/h4,6,8,11-12H,2-3,5,7,9-10H2,1H3;4-5H,3H2,1-2H3;3*1-2H3. The van der Waals surface area contributed by atoms with Crippen LogP contribution in [0.15, 0.2) is 22.8 Å². The van der Waals surface area contributed by atoms with Crippen molar-refractivity contribution in [1.82, 2.24) is 0 Å². The minimum Gasteiger partial charge on any atom is -0.469 e. The lowest BCUT2D eigenvalue weighted by Crippen LogP contribution is -2.18. The number of cyclic esters (lactones) is 1. The highest BCUT2D eigenvalue weighted by Crippen LogP contribution is 2.24. The minimum absolute atomic E-state index is 0.0283. The molecule has 4 nitrogen and oxygen atoms in total. The van der Waals surface area contributed by atoms with Crippen LogP contribution in [0.5, 0.6) is 0 Å². The second-order valence-corrected chi connectivity index (χ2v) is 6.51. The highest BCUT2D eigenvalue weighted by atomic mass is 16.5. The molecule has 2 atom stereocenters. The molecule has 1 aromatic heterocycles. The third kappa shape index (κ3) is 19.5. The van der Waals surface area contributed by atoms with E-state index in [9.17, 15) is 4.79 Å². The van der Waals surface area contributed by atoms with Gasteiger partial charge in [-0.25, -0.2) is 0 Å². The first-order valence-electron chi connectivity index (χ1n) is 11.3. The third-order valence-electron chi connectivity index (χ3n) is 3.68. The van der Waals surface area contributed by atoms with Gasteiger partial charge in [0.2, 0.25) is 0 Å². The van der Waals surface area contributed by atoms with E-state index in [0.29, 0.717) is 24.9 Å². The maximum Gasteiger partial charge on any atom is 0.306 e. The van der Waals surface area contributed by atoms with Crippen molar-refractivity contribution in [1.29, 1.82) is 0 Å². The van der Waals surface area contributed by atoms with Crippen molar-refractivity contribution >= 4 is 5.97 Å². The van der Waals surface area contributed by atoms with Crippen molar-refractivity contribution in [2.24, 2.45) is 11.8 Å². The van der Waals surface area contributed by atoms with Gasteiger partial charge in [0.05, 0.1) is 12.4 Å². The fourth-order valence-electron chi connectivity index (χ4n) is 2.52. The topological polar surface area (TPSA) is 59.7 Å². The quantitative estimate of drug-likeness (QED) is 0.552. The molecule has 2 unspecified atom stereocenters. The first-order valence-corrected chi connectivity index (χ1v) is 11.3. The Kier molecular flexibility index (Phi) is 26.6. The molecule has 0 aliphatic carbocycles. The van der Waals surface area contributed by atoms with Gasteiger partial charge < -0.3 is 14.3 Å². The largest absolute Gasteiger partial charge is 0.469 e. The molecular formula is C24H48O4. The number of rotatable bonds is 3. The molecule has 4 heteroatoms. The molecule has 0 spiro atoms. The van der Waals surface area contributed by atoms with E-state index in [2.05, 4.69) is 0 Å². The number of carbonyl (C=O) groups excluding carboxylic acids is 1. The normalized spacial score (nSPS) is 18.6. The average molecular weight is 401 g/mol. The van der Waals surface area contributed by atoms with E-state index >= 15 is 0 Å². The minimum atomic E-state index is -0.0452. The van der Waals surface area contributed by atoms with Gasteiger partial charge in [-0.05, 0) is 50.2 Å². The highest BCUT2D eigenvalue weighted by molar-refractivity contribution is 5.69. The van der Waals surface area contributed by atoms with E-state index in [4.69, 9.17) is 14.3 Å². The van der Waals surface area contributed by atoms with E-state index < -0.39 is 0 Å². The molecule has 2 rings (SSSR count). The Morgan fingerprint density at radius 2 is 1.68 bits per heavy atom. The Bertz CT molecular complexity index is 399. The summed E-state index contributed by atoms with van der Waals surface area (Å²) in [5, 5.41) is 8.14. The molecule has 0 radical (unpaired) electrons. The Hall–Kier alpha value is -1.29. The second kappa shape index (κ2) is 23.7. The molecule has 28 heavy (non-hydrogen) atoms. The molecule has 1 aromatic rings. The summed E-state index contributed by atoms with van der Waals surface area (Å²) in [4.78, 5) is 11.4. The molecule has 168 valence electrons. The van der Waals surface area contributed by atoms with Crippen LogP contribution in [-0.4, -0.2) is 23.8 Å². The Morgan fingerprint density at radius 1 is 1.11 bits per heavy atom. The lowest BCUT2D eigenvalue weighted by molar-refractivity contribution is -0.148. The van der Waals surface area contributed by atoms with Gasteiger partial charge in [0.1, 0.15) is 5.76 Å². The third-order valence-corrected chi connectivity index (χ3v) is 3.68. The van der Waals surface area contributed by atoms with Gasteiger partial charge >= 0.3 is 5.97 Å². The zero-order valence-electron chi connectivity index (χ0n) is 20.1. The van der Waals surface area contributed by atoms with Gasteiger partial charge in [0.25, 0.3) is 0 Å². The molecular weight excluding hydrogens is 352 g/mol. The number of esters is 1. The van der Waals surface area contributed by atoms with E-state index in [1.807, 2.05) is 74.4 Å². The van der Waals surface area contributed by atoms with Crippen molar-refractivity contribution in [3.63, 3.8) is 0 Å². The average Bonchev–Trinajstić information content (AvgIpc) is 3.24. The van der Waals surface area contributed by atoms with Gasteiger partial charge in [-0.2, -0.15) is 0 Å². The first-order chi connectivity index (χ1) is 13.5. The second-order valence-electron chi connectivity index (χ2n) is 6.51. The Labute approximate surface area is 175 Å². The van der Waals surface area contributed by atoms with Crippen LogP contribution in [0.3, 0.4) is 0 Å². The van der Waals surface area contributed by atoms with Crippen LogP contribution in [-0.2, 0) is 16.0 Å². The van der Waals surface area contributed by atoms with E-state index in [-0.39, 0.29) is 12.1 Å². The van der Waals surface area contributed by atoms with Crippen molar-refractivity contribution in [3.8, 4) is 0 Å². The van der Waals surface area contributed by atoms with Gasteiger partial charge in [-0.1, -0.05) is 61.8 Å². The molecule has 1 saturated heterocycles. The van der Waals surface area contributed by atoms with E-state index in [0.717, 1.165) is 37.9 Å². The van der Waals surface area contributed by atoms with Crippen LogP contribution in [0.25, 0.3) is 0 Å². The summed E-state index contributed by atoms with van der Waals surface area (Å²) in [6.45, 7) is 18.2. The fourth-order valence-corrected chi connectivity index (χ4v) is 2.52. The number of hydrogen-bond donors (Lipinski definition) is 1. The molecule has 1 fully saturated rings. The molecule has 2 heterocycles. The van der Waals surface area contributed by atoms with Crippen LogP contribution in [0, 0.1) is 11.8 Å². The number of furan rings is 1. The van der Waals surface area contributed by atoms with Crippen molar-refractivity contribution in [2.75, 3.05) is 6.61 Å². The van der Waals surface area contributed by atoms with E-state index in [1.165, 1.54) is 0 Å². The predicted molar refractivity (Wildman–Crippen MR) is 121 cm³/mol. The maximum absolute atomic E-state index is 11.4. The molecule has 0 bridgehead atoms. The Balaban J connectivity index is -0.000000481. The van der Waals surface area contributed by atoms with Crippen LogP contribution in [0.1, 0.15) is 100 Å².